The fourth-order valence-corrected chi connectivity index (χ4v) is 4.18. The van der Waals surface area contributed by atoms with Crippen LogP contribution in [0.5, 0.6) is 0 Å². The summed E-state index contributed by atoms with van der Waals surface area (Å²) in [6, 6.07) is 0. The number of nitrogens with one attached hydrogen (secondary N) is 1. The lowest BCUT2D eigenvalue weighted by atomic mass is 10.0. The van der Waals surface area contributed by atoms with Crippen molar-refractivity contribution < 1.29 is 0 Å². The molecule has 0 bridgehead atoms. The molecular weight excluding hydrogens is 278 g/mol. The Bertz CT molecular complexity index is 468. The van der Waals surface area contributed by atoms with E-state index < -0.39 is 0 Å². The summed E-state index contributed by atoms with van der Waals surface area (Å²) in [4.78, 5) is 9.02. The number of hydrogen-bond donors (Lipinski definition) is 1. The molecule has 1 aliphatic heterocycles. The molecule has 2 atom stereocenters. The molecule has 1 saturated carbocycles. The first kappa shape index (κ1) is 15.3. The Labute approximate surface area is 133 Å². The molecule has 2 unspecified atom stereocenters. The number of rotatable bonds is 6. The fraction of sp³-hybridized carbons (Fsp3) is 0.824. The summed E-state index contributed by atoms with van der Waals surface area (Å²) in [5, 5.41) is 4.87. The summed E-state index contributed by atoms with van der Waals surface area (Å²) in [5.41, 5.74) is 1.40. The summed E-state index contributed by atoms with van der Waals surface area (Å²) in [5.74, 6) is 3.05. The Kier molecular flexibility index (Phi) is 4.55. The van der Waals surface area contributed by atoms with Crippen molar-refractivity contribution in [3.8, 4) is 0 Å². The van der Waals surface area contributed by atoms with Crippen molar-refractivity contribution in [1.29, 1.82) is 0 Å². The average molecular weight is 308 g/mol. The largest absolute Gasteiger partial charge is 0.348 e. The smallest absolute Gasteiger partial charge is 0.185 e. The molecule has 21 heavy (non-hydrogen) atoms. The van der Waals surface area contributed by atoms with Crippen LogP contribution in [0.1, 0.15) is 57.0 Å². The fourth-order valence-electron chi connectivity index (χ4n) is 3.05. The van der Waals surface area contributed by atoms with Crippen LogP contribution in [0.4, 0.5) is 5.13 Å². The van der Waals surface area contributed by atoms with Crippen molar-refractivity contribution in [2.75, 3.05) is 24.5 Å². The highest BCUT2D eigenvalue weighted by molar-refractivity contribution is 7.15. The van der Waals surface area contributed by atoms with Gasteiger partial charge >= 0.3 is 0 Å². The first-order valence-corrected chi connectivity index (χ1v) is 9.31. The molecule has 1 aliphatic carbocycles. The van der Waals surface area contributed by atoms with E-state index in [-0.39, 0.29) is 0 Å². The van der Waals surface area contributed by atoms with Crippen LogP contribution in [0, 0.1) is 17.8 Å². The van der Waals surface area contributed by atoms with Crippen LogP contribution >= 0.6 is 11.3 Å². The van der Waals surface area contributed by atoms with Gasteiger partial charge in [0.05, 0.1) is 5.69 Å². The van der Waals surface area contributed by atoms with E-state index >= 15 is 0 Å². The van der Waals surface area contributed by atoms with Gasteiger partial charge in [-0.05, 0) is 37.1 Å². The van der Waals surface area contributed by atoms with E-state index in [1.807, 2.05) is 11.3 Å². The van der Waals surface area contributed by atoms with E-state index in [0.717, 1.165) is 30.8 Å². The Morgan fingerprint density at radius 1 is 1.24 bits per heavy atom. The van der Waals surface area contributed by atoms with Gasteiger partial charge < -0.3 is 10.2 Å². The van der Waals surface area contributed by atoms with Crippen LogP contribution in [0.25, 0.3) is 0 Å². The third kappa shape index (κ3) is 3.59. The molecule has 1 saturated heterocycles. The molecule has 1 aromatic heterocycles. The van der Waals surface area contributed by atoms with Gasteiger partial charge in [-0.2, -0.15) is 0 Å². The van der Waals surface area contributed by atoms with E-state index in [2.05, 4.69) is 37.9 Å². The number of hydrogen-bond acceptors (Lipinski definition) is 4. The van der Waals surface area contributed by atoms with Gasteiger partial charge in [-0.25, -0.2) is 4.98 Å². The summed E-state index contributed by atoms with van der Waals surface area (Å²) >= 11 is 1.93. The minimum Gasteiger partial charge on any atom is -0.348 e. The van der Waals surface area contributed by atoms with E-state index in [1.165, 1.54) is 41.6 Å². The minimum atomic E-state index is 0.710. The molecule has 0 amide bonds. The second-order valence-electron chi connectivity index (χ2n) is 7.46. The van der Waals surface area contributed by atoms with Gasteiger partial charge in [-0.15, -0.1) is 11.3 Å². The lowest BCUT2D eigenvalue weighted by Crippen LogP contribution is -2.19. The Balaban J connectivity index is 1.70. The van der Waals surface area contributed by atoms with Gasteiger partial charge in [0.25, 0.3) is 0 Å². The molecule has 0 aromatic carbocycles. The van der Waals surface area contributed by atoms with Crippen molar-refractivity contribution in [3.05, 3.63) is 10.6 Å². The summed E-state index contributed by atoms with van der Waals surface area (Å²) < 4.78 is 0. The molecule has 2 fully saturated rings. The second-order valence-corrected chi connectivity index (χ2v) is 8.53. The number of anilines is 1. The Morgan fingerprint density at radius 3 is 2.48 bits per heavy atom. The van der Waals surface area contributed by atoms with E-state index in [4.69, 9.17) is 4.98 Å². The van der Waals surface area contributed by atoms with Gasteiger partial charge in [-0.1, -0.05) is 27.7 Å². The number of aromatic nitrogens is 1. The summed E-state index contributed by atoms with van der Waals surface area (Å²) in [7, 11) is 0. The van der Waals surface area contributed by atoms with Gasteiger partial charge in [0.1, 0.15) is 0 Å². The minimum absolute atomic E-state index is 0.710. The SMILES string of the molecule is CC(C)CNCc1sc(N2CC(C)C(C)C2)nc1C1CC1. The molecular formula is C17H29N3S. The number of thiazole rings is 1. The van der Waals surface area contributed by atoms with Crippen LogP contribution < -0.4 is 10.2 Å². The maximum absolute atomic E-state index is 5.03. The third-order valence-corrected chi connectivity index (χ3v) is 5.91. The van der Waals surface area contributed by atoms with Gasteiger partial charge in [-0.3, -0.25) is 0 Å². The normalized spacial score (nSPS) is 26.0. The van der Waals surface area contributed by atoms with E-state index in [9.17, 15) is 0 Å². The molecule has 1 aromatic rings. The predicted molar refractivity (Wildman–Crippen MR) is 91.2 cm³/mol. The standard InChI is InChI=1S/C17H29N3S/c1-11(2)7-18-8-15-16(14-5-6-14)19-17(21-15)20-9-12(3)13(4)10-20/h11-14,18H,5-10H2,1-4H3. The maximum atomic E-state index is 5.03. The van der Waals surface area contributed by atoms with Crippen molar-refractivity contribution in [1.82, 2.24) is 10.3 Å². The average Bonchev–Trinajstić information content (AvgIpc) is 3.09. The molecule has 0 radical (unpaired) electrons. The third-order valence-electron chi connectivity index (χ3n) is 4.78. The van der Waals surface area contributed by atoms with Gasteiger partial charge in [0.15, 0.2) is 5.13 Å². The molecule has 3 nitrogen and oxygen atoms in total. The van der Waals surface area contributed by atoms with Gasteiger partial charge in [0.2, 0.25) is 0 Å². The van der Waals surface area contributed by atoms with Crippen LogP contribution in [0.2, 0.25) is 0 Å². The van der Waals surface area contributed by atoms with Crippen LogP contribution in [0.3, 0.4) is 0 Å². The lowest BCUT2D eigenvalue weighted by molar-refractivity contribution is 0.494. The van der Waals surface area contributed by atoms with Crippen molar-refractivity contribution in [3.63, 3.8) is 0 Å². The maximum Gasteiger partial charge on any atom is 0.185 e. The lowest BCUT2D eigenvalue weighted by Gasteiger charge is -2.13. The zero-order chi connectivity index (χ0) is 15.0. The monoisotopic (exact) mass is 307 g/mol. The molecule has 3 rings (SSSR count). The van der Waals surface area contributed by atoms with Crippen LogP contribution in [-0.4, -0.2) is 24.6 Å². The summed E-state index contributed by atoms with van der Waals surface area (Å²) in [6.45, 7) is 13.7. The van der Waals surface area contributed by atoms with Crippen molar-refractivity contribution >= 4 is 16.5 Å². The van der Waals surface area contributed by atoms with Crippen molar-refractivity contribution in [2.45, 2.75) is 53.0 Å². The summed E-state index contributed by atoms with van der Waals surface area (Å²) in [6.07, 6.45) is 2.68. The highest BCUT2D eigenvalue weighted by Gasteiger charge is 2.33. The topological polar surface area (TPSA) is 28.2 Å². The molecule has 0 spiro atoms. The molecule has 1 N–H and O–H groups in total. The highest BCUT2D eigenvalue weighted by atomic mass is 32.1. The second kappa shape index (κ2) is 6.25. The van der Waals surface area contributed by atoms with Crippen LogP contribution in [0.15, 0.2) is 0 Å². The molecule has 118 valence electrons. The Morgan fingerprint density at radius 2 is 1.90 bits per heavy atom. The van der Waals surface area contributed by atoms with Crippen molar-refractivity contribution in [2.24, 2.45) is 17.8 Å². The molecule has 2 heterocycles. The zero-order valence-corrected chi connectivity index (χ0v) is 14.7. The first-order valence-electron chi connectivity index (χ1n) is 8.49. The van der Waals surface area contributed by atoms with E-state index in [1.54, 1.807) is 0 Å². The van der Waals surface area contributed by atoms with Crippen LogP contribution in [-0.2, 0) is 6.54 Å². The molecule has 4 heteroatoms. The zero-order valence-electron chi connectivity index (χ0n) is 13.9. The molecule has 2 aliphatic rings. The van der Waals surface area contributed by atoms with E-state index in [0.29, 0.717) is 5.92 Å². The highest BCUT2D eigenvalue weighted by Crippen LogP contribution is 2.44. The Hall–Kier alpha value is -0.610. The quantitative estimate of drug-likeness (QED) is 0.865. The first-order chi connectivity index (χ1) is 10.0. The number of nitrogens with zero attached hydrogens (tertiary/aromatic N) is 2. The van der Waals surface area contributed by atoms with Gasteiger partial charge in [0, 0.05) is 30.4 Å². The predicted octanol–water partition coefficient (Wildman–Crippen LogP) is 3.86.